The van der Waals surface area contributed by atoms with Gasteiger partial charge in [-0.1, -0.05) is 12.8 Å². The van der Waals surface area contributed by atoms with Gasteiger partial charge in [0, 0.05) is 23.6 Å². The van der Waals surface area contributed by atoms with Gasteiger partial charge in [0.25, 0.3) is 5.91 Å². The standard InChI is InChI=1S/C23H23FN4O3/c1-14-6-11-18-21(30)19(23(31)27-17-9-7-15(24)8-10-17)12-28(22(18)25-14)13-20(29)26-16-4-2-3-5-16/h6-12,16H,2-5,13H2,1H3,(H,26,29)(H,27,31). The van der Waals surface area contributed by atoms with E-state index in [0.717, 1.165) is 25.7 Å². The van der Waals surface area contributed by atoms with Gasteiger partial charge in [-0.2, -0.15) is 0 Å². The molecule has 1 aliphatic carbocycles. The zero-order valence-electron chi connectivity index (χ0n) is 17.2. The molecule has 0 radical (unpaired) electrons. The fourth-order valence-corrected chi connectivity index (χ4v) is 3.87. The number of halogens is 1. The third-order valence-corrected chi connectivity index (χ3v) is 5.44. The van der Waals surface area contributed by atoms with E-state index in [2.05, 4.69) is 15.6 Å². The van der Waals surface area contributed by atoms with Crippen LogP contribution in [0, 0.1) is 12.7 Å². The maximum absolute atomic E-state index is 13.1. The van der Waals surface area contributed by atoms with Crippen molar-refractivity contribution in [1.82, 2.24) is 14.9 Å². The highest BCUT2D eigenvalue weighted by atomic mass is 19.1. The maximum atomic E-state index is 13.1. The number of aryl methyl sites for hydroxylation is 1. The van der Waals surface area contributed by atoms with E-state index in [-0.39, 0.29) is 29.4 Å². The van der Waals surface area contributed by atoms with Crippen molar-refractivity contribution in [2.75, 3.05) is 5.32 Å². The van der Waals surface area contributed by atoms with Crippen molar-refractivity contribution in [2.24, 2.45) is 0 Å². The van der Waals surface area contributed by atoms with Gasteiger partial charge in [0.15, 0.2) is 0 Å². The predicted molar refractivity (Wildman–Crippen MR) is 115 cm³/mol. The third-order valence-electron chi connectivity index (χ3n) is 5.44. The molecule has 7 nitrogen and oxygen atoms in total. The monoisotopic (exact) mass is 422 g/mol. The molecule has 160 valence electrons. The molecule has 3 aromatic rings. The first kappa shape index (κ1) is 20.7. The number of hydrogen-bond donors (Lipinski definition) is 2. The number of carbonyl (C=O) groups is 2. The SMILES string of the molecule is Cc1ccc2c(=O)c(C(=O)Nc3ccc(F)cc3)cn(CC(=O)NC3CCCC3)c2n1. The Balaban J connectivity index is 1.68. The van der Waals surface area contributed by atoms with Gasteiger partial charge >= 0.3 is 0 Å². The summed E-state index contributed by atoms with van der Waals surface area (Å²) in [4.78, 5) is 42.8. The lowest BCUT2D eigenvalue weighted by molar-refractivity contribution is -0.122. The van der Waals surface area contributed by atoms with E-state index in [1.54, 1.807) is 19.1 Å². The molecule has 4 rings (SSSR count). The zero-order valence-corrected chi connectivity index (χ0v) is 17.2. The van der Waals surface area contributed by atoms with Crippen LogP contribution in [0.3, 0.4) is 0 Å². The lowest BCUT2D eigenvalue weighted by Crippen LogP contribution is -2.36. The van der Waals surface area contributed by atoms with Crippen LogP contribution in [0.5, 0.6) is 0 Å². The van der Waals surface area contributed by atoms with Crippen LogP contribution in [0.1, 0.15) is 41.7 Å². The number of aromatic nitrogens is 2. The molecule has 1 aliphatic rings. The molecule has 2 heterocycles. The van der Waals surface area contributed by atoms with E-state index >= 15 is 0 Å². The highest BCUT2D eigenvalue weighted by Crippen LogP contribution is 2.18. The molecule has 0 bridgehead atoms. The summed E-state index contributed by atoms with van der Waals surface area (Å²) in [6, 6.07) is 8.71. The number of nitrogens with one attached hydrogen (secondary N) is 2. The first-order chi connectivity index (χ1) is 14.9. The van der Waals surface area contributed by atoms with Crippen molar-refractivity contribution < 1.29 is 14.0 Å². The van der Waals surface area contributed by atoms with Gasteiger partial charge in [0.1, 0.15) is 23.6 Å². The van der Waals surface area contributed by atoms with Crippen molar-refractivity contribution in [2.45, 2.75) is 45.2 Å². The number of fused-ring (bicyclic) bond motifs is 1. The molecule has 1 fully saturated rings. The number of anilines is 1. The Hall–Kier alpha value is -3.55. The summed E-state index contributed by atoms with van der Waals surface area (Å²) in [5, 5.41) is 5.87. The van der Waals surface area contributed by atoms with E-state index in [1.165, 1.54) is 35.0 Å². The molecule has 0 aliphatic heterocycles. The first-order valence-corrected chi connectivity index (χ1v) is 10.3. The Morgan fingerprint density at radius 3 is 2.55 bits per heavy atom. The lowest BCUT2D eigenvalue weighted by Gasteiger charge is -2.16. The normalized spacial score (nSPS) is 14.0. The topological polar surface area (TPSA) is 93.1 Å². The Morgan fingerprint density at radius 2 is 1.84 bits per heavy atom. The Bertz CT molecular complexity index is 1200. The van der Waals surface area contributed by atoms with Crippen molar-refractivity contribution in [3.05, 3.63) is 69.9 Å². The van der Waals surface area contributed by atoms with Gasteiger partial charge in [-0.25, -0.2) is 9.37 Å². The molecule has 31 heavy (non-hydrogen) atoms. The van der Waals surface area contributed by atoms with E-state index in [9.17, 15) is 18.8 Å². The minimum Gasteiger partial charge on any atom is -0.352 e. The second-order valence-corrected chi connectivity index (χ2v) is 7.83. The molecular formula is C23H23FN4O3. The van der Waals surface area contributed by atoms with Crippen molar-refractivity contribution >= 4 is 28.5 Å². The summed E-state index contributed by atoms with van der Waals surface area (Å²) in [6.07, 6.45) is 5.48. The van der Waals surface area contributed by atoms with Gasteiger partial charge in [0.05, 0.1) is 5.39 Å². The highest BCUT2D eigenvalue weighted by molar-refractivity contribution is 6.05. The summed E-state index contributed by atoms with van der Waals surface area (Å²) in [6.45, 7) is 1.74. The molecule has 1 saturated carbocycles. The highest BCUT2D eigenvalue weighted by Gasteiger charge is 2.20. The summed E-state index contributed by atoms with van der Waals surface area (Å²) in [5.41, 5.74) is 0.814. The Morgan fingerprint density at radius 1 is 1.13 bits per heavy atom. The van der Waals surface area contributed by atoms with Gasteiger partial charge in [-0.3, -0.25) is 14.4 Å². The van der Waals surface area contributed by atoms with Crippen molar-refractivity contribution in [1.29, 1.82) is 0 Å². The molecule has 1 aromatic carbocycles. The van der Waals surface area contributed by atoms with E-state index in [1.807, 2.05) is 0 Å². The van der Waals surface area contributed by atoms with Crippen molar-refractivity contribution in [3.63, 3.8) is 0 Å². The largest absolute Gasteiger partial charge is 0.352 e. The molecule has 0 spiro atoms. The number of rotatable bonds is 5. The quantitative estimate of drug-likeness (QED) is 0.661. The van der Waals surface area contributed by atoms with Crippen LogP contribution in [-0.4, -0.2) is 27.4 Å². The molecule has 0 unspecified atom stereocenters. The first-order valence-electron chi connectivity index (χ1n) is 10.3. The van der Waals surface area contributed by atoms with Crippen LogP contribution in [0.15, 0.2) is 47.4 Å². The smallest absolute Gasteiger partial charge is 0.261 e. The molecule has 2 N–H and O–H groups in total. The second-order valence-electron chi connectivity index (χ2n) is 7.83. The predicted octanol–water partition coefficient (Wildman–Crippen LogP) is 3.16. The Kier molecular flexibility index (Phi) is 5.79. The summed E-state index contributed by atoms with van der Waals surface area (Å²) in [5.74, 6) is -1.25. The molecule has 2 aromatic heterocycles. The van der Waals surface area contributed by atoms with Gasteiger partial charge < -0.3 is 15.2 Å². The number of nitrogens with zero attached hydrogens (tertiary/aromatic N) is 2. The summed E-state index contributed by atoms with van der Waals surface area (Å²) in [7, 11) is 0. The molecule has 2 amide bonds. The van der Waals surface area contributed by atoms with E-state index < -0.39 is 17.2 Å². The van der Waals surface area contributed by atoms with E-state index in [0.29, 0.717) is 17.0 Å². The summed E-state index contributed by atoms with van der Waals surface area (Å²) < 4.78 is 14.7. The van der Waals surface area contributed by atoms with Crippen molar-refractivity contribution in [3.8, 4) is 0 Å². The molecule has 0 atom stereocenters. The minimum absolute atomic E-state index is 0.0550. The third kappa shape index (κ3) is 4.63. The van der Waals surface area contributed by atoms with Gasteiger partial charge in [-0.15, -0.1) is 0 Å². The number of amides is 2. The molecular weight excluding hydrogens is 399 g/mol. The fourth-order valence-electron chi connectivity index (χ4n) is 3.87. The van der Waals surface area contributed by atoms with Gasteiger partial charge in [0.2, 0.25) is 11.3 Å². The Labute approximate surface area is 178 Å². The average Bonchev–Trinajstić information content (AvgIpc) is 3.24. The van der Waals surface area contributed by atoms with Crippen LogP contribution in [0.4, 0.5) is 10.1 Å². The fraction of sp³-hybridized carbons (Fsp3) is 0.304. The van der Waals surface area contributed by atoms with Crippen LogP contribution in [-0.2, 0) is 11.3 Å². The number of hydrogen-bond acceptors (Lipinski definition) is 4. The van der Waals surface area contributed by atoms with Crippen LogP contribution in [0.2, 0.25) is 0 Å². The van der Waals surface area contributed by atoms with Gasteiger partial charge in [-0.05, 0) is 56.2 Å². The molecule has 8 heteroatoms. The maximum Gasteiger partial charge on any atom is 0.261 e. The van der Waals surface area contributed by atoms with Crippen LogP contribution < -0.4 is 16.1 Å². The van der Waals surface area contributed by atoms with Crippen LogP contribution in [0.25, 0.3) is 11.0 Å². The summed E-state index contributed by atoms with van der Waals surface area (Å²) >= 11 is 0. The lowest BCUT2D eigenvalue weighted by atomic mass is 10.1. The zero-order chi connectivity index (χ0) is 22.0. The molecule has 0 saturated heterocycles. The second kappa shape index (κ2) is 8.67. The number of pyridine rings is 2. The minimum atomic E-state index is -0.635. The van der Waals surface area contributed by atoms with E-state index in [4.69, 9.17) is 0 Å². The van der Waals surface area contributed by atoms with Crippen LogP contribution >= 0.6 is 0 Å². The average molecular weight is 422 g/mol. The number of benzene rings is 1. The number of carbonyl (C=O) groups excluding carboxylic acids is 2.